The van der Waals surface area contributed by atoms with Crippen LogP contribution in [0.3, 0.4) is 0 Å². The third-order valence-corrected chi connectivity index (χ3v) is 6.95. The molecule has 8 heteroatoms. The maximum atomic E-state index is 13.0. The third kappa shape index (κ3) is 2.90. The van der Waals surface area contributed by atoms with E-state index in [0.29, 0.717) is 40.2 Å². The van der Waals surface area contributed by atoms with Gasteiger partial charge >= 0.3 is 0 Å². The Balaban J connectivity index is 1.34. The number of imide groups is 1. The van der Waals surface area contributed by atoms with Gasteiger partial charge in [-0.15, -0.1) is 16.4 Å². The molecule has 3 heterocycles. The van der Waals surface area contributed by atoms with Crippen molar-refractivity contribution in [1.82, 2.24) is 19.9 Å². The monoisotopic (exact) mass is 408 g/mol. The van der Waals surface area contributed by atoms with Crippen LogP contribution in [-0.4, -0.2) is 38.3 Å². The van der Waals surface area contributed by atoms with Crippen molar-refractivity contribution in [1.29, 1.82) is 0 Å². The zero-order valence-electron chi connectivity index (χ0n) is 16.1. The van der Waals surface area contributed by atoms with Crippen molar-refractivity contribution in [3.05, 3.63) is 56.2 Å². The van der Waals surface area contributed by atoms with Crippen LogP contribution in [0.4, 0.5) is 0 Å². The summed E-state index contributed by atoms with van der Waals surface area (Å²) < 4.78 is 1.37. The molecular formula is C21H20N4O3S. The first-order valence-corrected chi connectivity index (χ1v) is 10.7. The highest BCUT2D eigenvalue weighted by Gasteiger charge is 2.34. The fourth-order valence-electron chi connectivity index (χ4n) is 4.26. The molecule has 0 bridgehead atoms. The largest absolute Gasteiger partial charge is 0.278 e. The van der Waals surface area contributed by atoms with Crippen molar-refractivity contribution in [2.24, 2.45) is 5.92 Å². The van der Waals surface area contributed by atoms with Gasteiger partial charge < -0.3 is 0 Å². The molecule has 148 valence electrons. The second-order valence-electron chi connectivity index (χ2n) is 7.81. The highest BCUT2D eigenvalue weighted by Crippen LogP contribution is 2.35. The number of rotatable bonds is 4. The van der Waals surface area contributed by atoms with Crippen molar-refractivity contribution in [2.75, 3.05) is 6.54 Å². The fourth-order valence-corrected chi connectivity index (χ4v) is 5.58. The molecule has 1 aromatic carbocycles. The van der Waals surface area contributed by atoms with E-state index in [4.69, 9.17) is 0 Å². The quantitative estimate of drug-likeness (QED) is 0.620. The summed E-state index contributed by atoms with van der Waals surface area (Å²) in [5, 5.41) is 9.06. The Morgan fingerprint density at radius 2 is 1.83 bits per heavy atom. The smallest absolute Gasteiger partial charge is 0.274 e. The van der Waals surface area contributed by atoms with E-state index in [1.807, 2.05) is 0 Å². The van der Waals surface area contributed by atoms with Crippen LogP contribution in [0.25, 0.3) is 10.2 Å². The topological polar surface area (TPSA) is 85.2 Å². The predicted octanol–water partition coefficient (Wildman–Crippen LogP) is 2.66. The molecule has 1 atom stereocenters. The fraction of sp³-hybridized carbons (Fsp3) is 0.381. The van der Waals surface area contributed by atoms with Gasteiger partial charge in [0.2, 0.25) is 0 Å². The number of amides is 2. The second kappa shape index (κ2) is 6.88. The molecule has 0 spiro atoms. The van der Waals surface area contributed by atoms with Gasteiger partial charge in [-0.05, 0) is 49.3 Å². The average molecular weight is 408 g/mol. The Morgan fingerprint density at radius 3 is 2.55 bits per heavy atom. The second-order valence-corrected chi connectivity index (χ2v) is 8.89. The molecule has 2 aromatic heterocycles. The SMILES string of the molecule is C[C@H]1CCc2c(sc3nnn(CCCN4C(=O)c5ccccc5C4=O)c(=O)c23)C1. The number of carbonyl (C=O) groups is 2. The molecule has 2 aliphatic rings. The van der Waals surface area contributed by atoms with Crippen LogP contribution >= 0.6 is 11.3 Å². The van der Waals surface area contributed by atoms with Gasteiger partial charge in [-0.2, -0.15) is 0 Å². The summed E-state index contributed by atoms with van der Waals surface area (Å²) >= 11 is 1.58. The first kappa shape index (κ1) is 18.2. The molecule has 29 heavy (non-hydrogen) atoms. The Bertz CT molecular complexity index is 1180. The minimum atomic E-state index is -0.277. The maximum Gasteiger partial charge on any atom is 0.278 e. The lowest BCUT2D eigenvalue weighted by atomic mass is 9.89. The summed E-state index contributed by atoms with van der Waals surface area (Å²) in [6, 6.07) is 6.83. The number of aromatic nitrogens is 3. The number of carbonyl (C=O) groups excluding carboxylic acids is 2. The van der Waals surface area contributed by atoms with Gasteiger partial charge in [0.05, 0.1) is 16.5 Å². The lowest BCUT2D eigenvalue weighted by molar-refractivity contribution is 0.0650. The molecule has 2 amide bonds. The summed E-state index contributed by atoms with van der Waals surface area (Å²) in [6.07, 6.45) is 3.44. The van der Waals surface area contributed by atoms with Crippen LogP contribution in [0, 0.1) is 5.92 Å². The van der Waals surface area contributed by atoms with E-state index in [-0.39, 0.29) is 23.9 Å². The van der Waals surface area contributed by atoms with Crippen molar-refractivity contribution in [3.8, 4) is 0 Å². The summed E-state index contributed by atoms with van der Waals surface area (Å²) in [5.74, 6) is 0.0754. The molecule has 1 aliphatic heterocycles. The van der Waals surface area contributed by atoms with Crippen LogP contribution in [0.15, 0.2) is 29.1 Å². The Kier molecular flexibility index (Phi) is 4.31. The minimum absolute atomic E-state index is 0.121. The van der Waals surface area contributed by atoms with E-state index >= 15 is 0 Å². The zero-order chi connectivity index (χ0) is 20.1. The zero-order valence-corrected chi connectivity index (χ0v) is 16.9. The van der Waals surface area contributed by atoms with Crippen LogP contribution in [0.1, 0.15) is 50.9 Å². The Labute approximate surface area is 170 Å². The van der Waals surface area contributed by atoms with Crippen LogP contribution < -0.4 is 5.56 Å². The number of hydrogen-bond acceptors (Lipinski definition) is 6. The first-order valence-electron chi connectivity index (χ1n) is 9.88. The number of benzene rings is 1. The molecule has 0 fully saturated rings. The number of hydrogen-bond donors (Lipinski definition) is 0. The molecule has 0 saturated heterocycles. The van der Waals surface area contributed by atoms with E-state index in [1.54, 1.807) is 35.6 Å². The number of nitrogens with zero attached hydrogens (tertiary/aromatic N) is 4. The maximum absolute atomic E-state index is 13.0. The van der Waals surface area contributed by atoms with Crippen LogP contribution in [0.2, 0.25) is 0 Å². The Hall–Kier alpha value is -2.87. The van der Waals surface area contributed by atoms with E-state index in [2.05, 4.69) is 17.2 Å². The number of aryl methyl sites for hydroxylation is 2. The van der Waals surface area contributed by atoms with Gasteiger partial charge in [0, 0.05) is 18.0 Å². The summed E-state index contributed by atoms with van der Waals surface area (Å²) in [7, 11) is 0. The molecule has 0 N–H and O–H groups in total. The van der Waals surface area contributed by atoms with Crippen molar-refractivity contribution in [2.45, 2.75) is 39.2 Å². The lowest BCUT2D eigenvalue weighted by Gasteiger charge is -2.17. The van der Waals surface area contributed by atoms with E-state index in [0.717, 1.165) is 24.8 Å². The number of thiophene rings is 1. The van der Waals surface area contributed by atoms with Crippen LogP contribution in [0.5, 0.6) is 0 Å². The highest BCUT2D eigenvalue weighted by molar-refractivity contribution is 7.18. The van der Waals surface area contributed by atoms with Gasteiger partial charge in [-0.25, -0.2) is 4.68 Å². The number of fused-ring (bicyclic) bond motifs is 4. The molecule has 5 rings (SSSR count). The normalized spacial score (nSPS) is 18.4. The minimum Gasteiger partial charge on any atom is -0.274 e. The van der Waals surface area contributed by atoms with Gasteiger partial charge in [-0.3, -0.25) is 19.3 Å². The van der Waals surface area contributed by atoms with E-state index in [9.17, 15) is 14.4 Å². The van der Waals surface area contributed by atoms with E-state index < -0.39 is 0 Å². The lowest BCUT2D eigenvalue weighted by Crippen LogP contribution is -2.32. The highest BCUT2D eigenvalue weighted by atomic mass is 32.1. The summed E-state index contributed by atoms with van der Waals surface area (Å²) in [6.45, 7) is 2.80. The van der Waals surface area contributed by atoms with Gasteiger partial charge in [0.15, 0.2) is 4.83 Å². The molecular weight excluding hydrogens is 388 g/mol. The molecule has 1 aliphatic carbocycles. The molecule has 0 unspecified atom stereocenters. The molecule has 3 aromatic rings. The first-order chi connectivity index (χ1) is 14.0. The van der Waals surface area contributed by atoms with Crippen LogP contribution in [-0.2, 0) is 19.4 Å². The Morgan fingerprint density at radius 1 is 1.10 bits per heavy atom. The van der Waals surface area contributed by atoms with Gasteiger partial charge in [0.25, 0.3) is 17.4 Å². The van der Waals surface area contributed by atoms with Gasteiger partial charge in [0.1, 0.15) is 0 Å². The van der Waals surface area contributed by atoms with Crippen molar-refractivity contribution < 1.29 is 9.59 Å². The predicted molar refractivity (Wildman–Crippen MR) is 109 cm³/mol. The van der Waals surface area contributed by atoms with E-state index in [1.165, 1.54) is 14.5 Å². The third-order valence-electron chi connectivity index (χ3n) is 5.81. The molecule has 7 nitrogen and oxygen atoms in total. The van der Waals surface area contributed by atoms with Gasteiger partial charge in [-0.1, -0.05) is 24.3 Å². The van der Waals surface area contributed by atoms with Crippen molar-refractivity contribution in [3.63, 3.8) is 0 Å². The summed E-state index contributed by atoms with van der Waals surface area (Å²) in [4.78, 5) is 41.1. The molecule has 0 saturated carbocycles. The molecule has 0 radical (unpaired) electrons. The van der Waals surface area contributed by atoms with Crippen molar-refractivity contribution >= 4 is 33.4 Å². The summed E-state index contributed by atoms with van der Waals surface area (Å²) in [5.41, 5.74) is 1.89. The standard InChI is InChI=1S/C21H20N4O3S/c1-12-7-8-15-16(11-12)29-18-17(15)21(28)25(23-22-18)10-4-9-24-19(26)13-5-2-3-6-14(13)20(24)27/h2-3,5-6,12H,4,7-11H2,1H3/t12-/m0/s1. The average Bonchev–Trinajstić information content (AvgIpc) is 3.20.